The summed E-state index contributed by atoms with van der Waals surface area (Å²) >= 11 is 1.09. The van der Waals surface area contributed by atoms with Gasteiger partial charge in [-0.25, -0.2) is 9.38 Å². The van der Waals surface area contributed by atoms with Crippen molar-refractivity contribution < 1.29 is 18.5 Å². The minimum atomic E-state index is -0.413. The number of rotatable bonds is 5. The Balaban J connectivity index is 1.56. The molecular formula is C22H17FN4O3S. The van der Waals surface area contributed by atoms with Gasteiger partial charge in [-0.15, -0.1) is 0 Å². The maximum absolute atomic E-state index is 13.4. The molecule has 0 unspecified atom stereocenters. The van der Waals surface area contributed by atoms with E-state index in [1.807, 2.05) is 30.3 Å². The van der Waals surface area contributed by atoms with Gasteiger partial charge < -0.3 is 9.84 Å². The topological polar surface area (TPSA) is 87.8 Å². The molecular weight excluding hydrogens is 419 g/mol. The van der Waals surface area contributed by atoms with Gasteiger partial charge in [0.2, 0.25) is 5.91 Å². The molecule has 0 saturated heterocycles. The van der Waals surface area contributed by atoms with Crippen molar-refractivity contribution >= 4 is 46.3 Å². The van der Waals surface area contributed by atoms with Crippen molar-refractivity contribution in [3.63, 3.8) is 0 Å². The molecule has 7 nitrogen and oxygen atoms in total. The number of aryl methyl sites for hydroxylation is 1. The summed E-state index contributed by atoms with van der Waals surface area (Å²) in [5.74, 6) is -0.212. The number of hydrogen-bond donors (Lipinski definition) is 1. The highest BCUT2D eigenvalue weighted by Gasteiger charge is 2.32. The first kappa shape index (κ1) is 20.5. The molecule has 156 valence electrons. The summed E-state index contributed by atoms with van der Waals surface area (Å²) in [6, 6.07) is 16.4. The van der Waals surface area contributed by atoms with Gasteiger partial charge in [0, 0.05) is 6.07 Å². The molecule has 0 bridgehead atoms. The Morgan fingerprint density at radius 2 is 1.94 bits per heavy atom. The molecule has 0 saturated carbocycles. The molecule has 1 aliphatic rings. The SMILES string of the molecule is Cc1cc(NC(=O)CSC2=N/C(=C/c3ccccc3)C(=O)N2c2ccc(F)cc2)no1. The number of halogens is 1. The minimum Gasteiger partial charge on any atom is -0.360 e. The lowest BCUT2D eigenvalue weighted by atomic mass is 10.2. The summed E-state index contributed by atoms with van der Waals surface area (Å²) in [7, 11) is 0. The maximum atomic E-state index is 13.4. The van der Waals surface area contributed by atoms with E-state index in [0.717, 1.165) is 17.3 Å². The van der Waals surface area contributed by atoms with Crippen molar-refractivity contribution in [2.75, 3.05) is 16.0 Å². The van der Waals surface area contributed by atoms with Crippen LogP contribution in [-0.2, 0) is 9.59 Å². The quantitative estimate of drug-likeness (QED) is 0.605. The Labute approximate surface area is 181 Å². The Bertz CT molecular complexity index is 1170. The molecule has 2 aromatic carbocycles. The van der Waals surface area contributed by atoms with E-state index in [1.165, 1.54) is 29.2 Å². The monoisotopic (exact) mass is 436 g/mol. The lowest BCUT2D eigenvalue weighted by molar-refractivity contribution is -0.114. The van der Waals surface area contributed by atoms with Gasteiger partial charge in [0.25, 0.3) is 5.91 Å². The summed E-state index contributed by atoms with van der Waals surface area (Å²) in [4.78, 5) is 31.1. The van der Waals surface area contributed by atoms with E-state index in [9.17, 15) is 14.0 Å². The van der Waals surface area contributed by atoms with E-state index in [-0.39, 0.29) is 23.3 Å². The summed E-state index contributed by atoms with van der Waals surface area (Å²) < 4.78 is 18.3. The fourth-order valence-corrected chi connectivity index (χ4v) is 3.67. The average Bonchev–Trinajstić information content (AvgIpc) is 3.30. The Morgan fingerprint density at radius 1 is 1.19 bits per heavy atom. The number of aromatic nitrogens is 1. The van der Waals surface area contributed by atoms with Crippen molar-refractivity contribution in [3.8, 4) is 0 Å². The predicted molar refractivity (Wildman–Crippen MR) is 118 cm³/mol. The van der Waals surface area contributed by atoms with Crippen molar-refractivity contribution in [3.05, 3.63) is 83.5 Å². The van der Waals surface area contributed by atoms with Gasteiger partial charge in [0.1, 0.15) is 17.3 Å². The molecule has 31 heavy (non-hydrogen) atoms. The van der Waals surface area contributed by atoms with Crippen LogP contribution in [0.3, 0.4) is 0 Å². The van der Waals surface area contributed by atoms with Crippen LogP contribution in [0.15, 0.2) is 75.9 Å². The minimum absolute atomic E-state index is 0.00562. The second-order valence-electron chi connectivity index (χ2n) is 6.61. The lowest BCUT2D eigenvalue weighted by Crippen LogP contribution is -2.31. The summed E-state index contributed by atoms with van der Waals surface area (Å²) in [6.45, 7) is 1.72. The molecule has 4 rings (SSSR count). The Morgan fingerprint density at radius 3 is 2.61 bits per heavy atom. The number of amides is 2. The molecule has 2 amide bonds. The highest BCUT2D eigenvalue weighted by molar-refractivity contribution is 8.14. The number of hydrogen-bond acceptors (Lipinski definition) is 6. The van der Waals surface area contributed by atoms with Crippen LogP contribution in [0.5, 0.6) is 0 Å². The van der Waals surface area contributed by atoms with Gasteiger partial charge in [-0.3, -0.25) is 14.5 Å². The molecule has 0 aliphatic carbocycles. The second-order valence-corrected chi connectivity index (χ2v) is 7.55. The van der Waals surface area contributed by atoms with Crippen molar-refractivity contribution in [1.29, 1.82) is 0 Å². The second kappa shape index (κ2) is 8.97. The number of nitrogens with one attached hydrogen (secondary N) is 1. The van der Waals surface area contributed by atoms with Gasteiger partial charge >= 0.3 is 0 Å². The van der Waals surface area contributed by atoms with Crippen LogP contribution in [-0.4, -0.2) is 27.9 Å². The predicted octanol–water partition coefficient (Wildman–Crippen LogP) is 4.24. The van der Waals surface area contributed by atoms with Crippen LogP contribution in [0.25, 0.3) is 6.08 Å². The number of benzene rings is 2. The summed E-state index contributed by atoms with van der Waals surface area (Å²) in [5, 5.41) is 6.67. The third-order valence-electron chi connectivity index (χ3n) is 4.25. The molecule has 1 aliphatic heterocycles. The molecule has 0 atom stereocenters. The van der Waals surface area contributed by atoms with Crippen LogP contribution >= 0.6 is 11.8 Å². The fourth-order valence-electron chi connectivity index (χ4n) is 2.85. The Kier molecular flexibility index (Phi) is 5.94. The van der Waals surface area contributed by atoms with Gasteiger partial charge in [0.05, 0.1) is 11.4 Å². The molecule has 0 fully saturated rings. The first-order valence-electron chi connectivity index (χ1n) is 9.31. The van der Waals surface area contributed by atoms with E-state index in [0.29, 0.717) is 22.4 Å². The molecule has 1 N–H and O–H groups in total. The molecule has 9 heteroatoms. The van der Waals surface area contributed by atoms with Gasteiger partial charge in [-0.2, -0.15) is 0 Å². The number of thioether (sulfide) groups is 1. The largest absolute Gasteiger partial charge is 0.360 e. The van der Waals surface area contributed by atoms with Gasteiger partial charge in [0.15, 0.2) is 11.0 Å². The van der Waals surface area contributed by atoms with Crippen LogP contribution in [0.1, 0.15) is 11.3 Å². The van der Waals surface area contributed by atoms with Crippen LogP contribution in [0.4, 0.5) is 15.9 Å². The number of anilines is 2. The number of amidine groups is 1. The van der Waals surface area contributed by atoms with E-state index < -0.39 is 5.82 Å². The zero-order valence-electron chi connectivity index (χ0n) is 16.4. The molecule has 0 radical (unpaired) electrons. The average molecular weight is 436 g/mol. The maximum Gasteiger partial charge on any atom is 0.283 e. The highest BCUT2D eigenvalue weighted by Crippen LogP contribution is 2.29. The molecule has 0 spiro atoms. The third-order valence-corrected chi connectivity index (χ3v) is 5.18. The first-order valence-corrected chi connectivity index (χ1v) is 10.3. The van der Waals surface area contributed by atoms with Crippen LogP contribution in [0, 0.1) is 12.7 Å². The lowest BCUT2D eigenvalue weighted by Gasteiger charge is -2.17. The van der Waals surface area contributed by atoms with Crippen LogP contribution in [0.2, 0.25) is 0 Å². The number of aliphatic imine (C=N–C) groups is 1. The van der Waals surface area contributed by atoms with E-state index >= 15 is 0 Å². The fraction of sp³-hybridized carbons (Fsp3) is 0.0909. The van der Waals surface area contributed by atoms with Crippen LogP contribution < -0.4 is 10.2 Å². The number of carbonyl (C=O) groups excluding carboxylic acids is 2. The summed E-state index contributed by atoms with van der Waals surface area (Å²) in [5.41, 5.74) is 1.51. The van der Waals surface area contributed by atoms with E-state index in [1.54, 1.807) is 19.1 Å². The van der Waals surface area contributed by atoms with Crippen molar-refractivity contribution in [2.24, 2.45) is 4.99 Å². The molecule has 1 aromatic heterocycles. The standard InChI is InChI=1S/C22H17FN4O3S/c1-14-11-19(26-30-14)25-20(28)13-31-22-24-18(12-15-5-3-2-4-6-15)21(29)27(22)17-9-7-16(23)8-10-17/h2-12H,13H2,1H3,(H,25,26,28)/b18-12+. The summed E-state index contributed by atoms with van der Waals surface area (Å²) in [6.07, 6.45) is 1.67. The smallest absolute Gasteiger partial charge is 0.283 e. The first-order chi connectivity index (χ1) is 15.0. The van der Waals surface area contributed by atoms with Gasteiger partial charge in [-0.1, -0.05) is 47.3 Å². The normalized spacial score (nSPS) is 14.8. The van der Waals surface area contributed by atoms with Gasteiger partial charge in [-0.05, 0) is 42.8 Å². The molecule has 2 heterocycles. The zero-order valence-corrected chi connectivity index (χ0v) is 17.2. The van der Waals surface area contributed by atoms with Crippen molar-refractivity contribution in [2.45, 2.75) is 6.92 Å². The number of nitrogens with zero attached hydrogens (tertiary/aromatic N) is 3. The van der Waals surface area contributed by atoms with Crippen molar-refractivity contribution in [1.82, 2.24) is 5.16 Å². The van der Waals surface area contributed by atoms with E-state index in [4.69, 9.17) is 4.52 Å². The Hall–Kier alpha value is -3.72. The highest BCUT2D eigenvalue weighted by atomic mass is 32.2. The third kappa shape index (κ3) is 4.89. The zero-order chi connectivity index (χ0) is 21.8. The number of carbonyl (C=O) groups is 2. The molecule has 3 aromatic rings. The van der Waals surface area contributed by atoms with E-state index in [2.05, 4.69) is 15.5 Å².